The average Bonchev–Trinajstić information content (AvgIpc) is 3.72. The number of hydrogen-bond donors (Lipinski definition) is 2. The summed E-state index contributed by atoms with van der Waals surface area (Å²) in [6.07, 6.45) is 18.0. The largest absolute Gasteiger partial charge is 0.391 e. The summed E-state index contributed by atoms with van der Waals surface area (Å²) < 4.78 is 11.2. The highest BCUT2D eigenvalue weighted by molar-refractivity contribution is 8.00. The summed E-state index contributed by atoms with van der Waals surface area (Å²) in [6.45, 7) is 4.45. The van der Waals surface area contributed by atoms with Gasteiger partial charge in [-0.3, -0.25) is 14.4 Å². The van der Waals surface area contributed by atoms with E-state index < -0.39 is 18.0 Å². The van der Waals surface area contributed by atoms with E-state index in [4.69, 9.17) is 19.4 Å². The van der Waals surface area contributed by atoms with Gasteiger partial charge in [0.1, 0.15) is 21.7 Å². The van der Waals surface area contributed by atoms with E-state index in [0.29, 0.717) is 40.3 Å². The van der Waals surface area contributed by atoms with Crippen molar-refractivity contribution < 1.29 is 28.7 Å². The fraction of sp³-hybridized carbons (Fsp3) is 0.682. The SMILES string of the molecule is CCCSc1nc(N2CCOC(C(=O)OC(=O)CC3CCN(c4ccc(C(=O)NC5CCCCC5)c(SC5CCCCC5)n4)C3)C2)ccc1C(=O)NC1CCCCC1. The number of rotatable bonds is 14. The third-order valence-electron chi connectivity index (χ3n) is 12.3. The van der Waals surface area contributed by atoms with Gasteiger partial charge in [-0.25, -0.2) is 14.8 Å². The molecule has 3 aliphatic carbocycles. The number of pyridine rings is 2. The van der Waals surface area contributed by atoms with Crippen LogP contribution in [-0.2, 0) is 19.1 Å². The molecule has 2 N–H and O–H groups in total. The maximum Gasteiger partial charge on any atom is 0.344 e. The Labute approximate surface area is 352 Å². The van der Waals surface area contributed by atoms with Gasteiger partial charge < -0.3 is 29.9 Å². The van der Waals surface area contributed by atoms with Gasteiger partial charge in [0.25, 0.3) is 11.8 Å². The lowest BCUT2D eigenvalue weighted by Gasteiger charge is -2.32. The zero-order chi connectivity index (χ0) is 40.3. The van der Waals surface area contributed by atoms with Gasteiger partial charge in [0.2, 0.25) is 0 Å². The molecule has 316 valence electrons. The Kier molecular flexibility index (Phi) is 15.7. The molecule has 2 aromatic rings. The Balaban J connectivity index is 0.928. The lowest BCUT2D eigenvalue weighted by atomic mass is 9.95. The van der Waals surface area contributed by atoms with Gasteiger partial charge in [0, 0.05) is 37.0 Å². The first kappa shape index (κ1) is 42.8. The van der Waals surface area contributed by atoms with Crippen molar-refractivity contribution in [3.05, 3.63) is 35.4 Å². The van der Waals surface area contributed by atoms with Crippen LogP contribution in [0.2, 0.25) is 0 Å². The van der Waals surface area contributed by atoms with Crippen LogP contribution in [0.4, 0.5) is 11.6 Å². The van der Waals surface area contributed by atoms with Crippen LogP contribution < -0.4 is 20.4 Å². The van der Waals surface area contributed by atoms with Crippen molar-refractivity contribution >= 4 is 58.9 Å². The number of hydrogen-bond acceptors (Lipinski definition) is 12. The van der Waals surface area contributed by atoms with Crippen LogP contribution in [0.15, 0.2) is 34.3 Å². The van der Waals surface area contributed by atoms with E-state index in [0.717, 1.165) is 100 Å². The molecule has 0 aromatic carbocycles. The van der Waals surface area contributed by atoms with Crippen molar-refractivity contribution in [2.75, 3.05) is 48.3 Å². The molecule has 7 rings (SSSR count). The van der Waals surface area contributed by atoms with Gasteiger partial charge in [-0.05, 0) is 87.3 Å². The lowest BCUT2D eigenvalue weighted by molar-refractivity contribution is -0.169. The second kappa shape index (κ2) is 21.2. The van der Waals surface area contributed by atoms with Crippen molar-refractivity contribution in [2.45, 2.75) is 156 Å². The molecule has 4 heterocycles. The second-order valence-electron chi connectivity index (χ2n) is 16.8. The Morgan fingerprint density at radius 3 is 1.91 bits per heavy atom. The number of aromatic nitrogens is 2. The highest BCUT2D eigenvalue weighted by Crippen LogP contribution is 2.37. The van der Waals surface area contributed by atoms with Crippen molar-refractivity contribution in [3.63, 3.8) is 0 Å². The van der Waals surface area contributed by atoms with Crippen molar-refractivity contribution in [1.29, 1.82) is 0 Å². The van der Waals surface area contributed by atoms with Gasteiger partial charge in [0.15, 0.2) is 6.10 Å². The van der Waals surface area contributed by atoms with Crippen LogP contribution in [0.5, 0.6) is 0 Å². The van der Waals surface area contributed by atoms with Crippen molar-refractivity contribution in [3.8, 4) is 0 Å². The molecule has 5 aliphatic rings. The number of esters is 2. The molecule has 0 spiro atoms. The van der Waals surface area contributed by atoms with Crippen LogP contribution in [0.25, 0.3) is 0 Å². The summed E-state index contributed by atoms with van der Waals surface area (Å²) in [5.74, 6) is 0.961. The third-order valence-corrected chi connectivity index (χ3v) is 14.8. The third kappa shape index (κ3) is 11.7. The number of nitrogens with zero attached hydrogens (tertiary/aromatic N) is 4. The number of amides is 2. The van der Waals surface area contributed by atoms with E-state index in [1.807, 2.05) is 29.2 Å². The zero-order valence-corrected chi connectivity index (χ0v) is 35.9. The maximum absolute atomic E-state index is 13.5. The number of carbonyl (C=O) groups is 4. The predicted octanol–water partition coefficient (Wildman–Crippen LogP) is 7.72. The van der Waals surface area contributed by atoms with Crippen molar-refractivity contribution in [2.24, 2.45) is 5.92 Å². The quantitative estimate of drug-likeness (QED) is 0.109. The molecule has 2 saturated heterocycles. The Morgan fingerprint density at radius 2 is 1.29 bits per heavy atom. The lowest BCUT2D eigenvalue weighted by Crippen LogP contribution is -2.47. The minimum atomic E-state index is -0.932. The van der Waals surface area contributed by atoms with Crippen LogP contribution in [0.3, 0.4) is 0 Å². The maximum atomic E-state index is 13.5. The first-order valence-electron chi connectivity index (χ1n) is 22.1. The van der Waals surface area contributed by atoms with Crippen LogP contribution in [-0.4, -0.2) is 95.7 Å². The van der Waals surface area contributed by atoms with Gasteiger partial charge in [-0.1, -0.05) is 64.7 Å². The van der Waals surface area contributed by atoms with Crippen LogP contribution in [0.1, 0.15) is 143 Å². The smallest absolute Gasteiger partial charge is 0.344 e. The number of thioether (sulfide) groups is 2. The first-order chi connectivity index (χ1) is 28.3. The molecule has 3 saturated carbocycles. The second-order valence-corrected chi connectivity index (χ2v) is 19.2. The monoisotopic (exact) mass is 834 g/mol. The first-order valence-corrected chi connectivity index (χ1v) is 24.0. The minimum absolute atomic E-state index is 0.00617. The molecule has 58 heavy (non-hydrogen) atoms. The predicted molar refractivity (Wildman–Crippen MR) is 229 cm³/mol. The highest BCUT2D eigenvalue weighted by Gasteiger charge is 2.33. The number of nitrogens with one attached hydrogen (secondary N) is 2. The number of morpholine rings is 1. The van der Waals surface area contributed by atoms with E-state index in [1.165, 1.54) is 32.1 Å². The molecule has 5 fully saturated rings. The zero-order valence-electron chi connectivity index (χ0n) is 34.2. The summed E-state index contributed by atoms with van der Waals surface area (Å²) >= 11 is 3.32. The fourth-order valence-electron chi connectivity index (χ4n) is 8.98. The number of anilines is 2. The normalized spacial score (nSPS) is 22.4. The van der Waals surface area contributed by atoms with E-state index in [2.05, 4.69) is 22.5 Å². The molecule has 2 aliphatic heterocycles. The number of ether oxygens (including phenoxy) is 2. The molecule has 12 nitrogen and oxygen atoms in total. The standard InChI is InChI=1S/C44H62N6O6S2/c1-2-26-57-42-34(40(52)45-31-12-6-3-7-13-31)18-20-37(47-42)50-24-25-55-36(29-50)44(54)56-39(51)27-30-22-23-49(28-30)38-21-19-35(41(53)46-32-14-8-4-9-15-32)43(48-38)58-33-16-10-5-11-17-33/h18-21,30-33,36H,2-17,22-29H2,1H3,(H,45,52)(H,46,53). The average molecular weight is 835 g/mol. The molecular formula is C44H62N6O6S2. The van der Waals surface area contributed by atoms with Gasteiger partial charge >= 0.3 is 11.9 Å². The van der Waals surface area contributed by atoms with Crippen molar-refractivity contribution in [1.82, 2.24) is 20.6 Å². The molecule has 2 unspecified atom stereocenters. The Hall–Kier alpha value is -3.36. The number of carbonyl (C=O) groups excluding carboxylic acids is 4. The van der Waals surface area contributed by atoms with Crippen LogP contribution >= 0.6 is 23.5 Å². The Morgan fingerprint density at radius 1 is 0.724 bits per heavy atom. The van der Waals surface area contributed by atoms with Gasteiger partial charge in [-0.15, -0.1) is 23.5 Å². The molecule has 2 amide bonds. The highest BCUT2D eigenvalue weighted by atomic mass is 32.2. The molecule has 14 heteroatoms. The van der Waals surface area contributed by atoms with Crippen LogP contribution in [0, 0.1) is 5.92 Å². The molecule has 0 bridgehead atoms. The summed E-state index contributed by atoms with van der Waals surface area (Å²) in [5, 5.41) is 8.46. The molecule has 0 radical (unpaired) electrons. The Bertz CT molecular complexity index is 1730. The summed E-state index contributed by atoms with van der Waals surface area (Å²) in [5.41, 5.74) is 1.24. The molecular weight excluding hydrogens is 773 g/mol. The van der Waals surface area contributed by atoms with Gasteiger partial charge in [-0.2, -0.15) is 0 Å². The summed E-state index contributed by atoms with van der Waals surface area (Å²) in [7, 11) is 0. The van der Waals surface area contributed by atoms with E-state index >= 15 is 0 Å². The van der Waals surface area contributed by atoms with Gasteiger partial charge in [0.05, 0.1) is 30.7 Å². The fourth-order valence-corrected chi connectivity index (χ4v) is 11.2. The minimum Gasteiger partial charge on any atom is -0.391 e. The van der Waals surface area contributed by atoms with E-state index in [1.54, 1.807) is 23.5 Å². The van der Waals surface area contributed by atoms with E-state index in [-0.39, 0.29) is 49.4 Å². The van der Waals surface area contributed by atoms with E-state index in [9.17, 15) is 19.2 Å². The molecule has 2 aromatic heterocycles. The summed E-state index contributed by atoms with van der Waals surface area (Å²) in [4.78, 5) is 67.4. The topological polar surface area (TPSA) is 143 Å². The molecule has 2 atom stereocenters. The summed E-state index contributed by atoms with van der Waals surface area (Å²) in [6, 6.07) is 7.98.